The highest BCUT2D eigenvalue weighted by atomic mass is 16.5. The van der Waals surface area contributed by atoms with E-state index in [1.807, 2.05) is 28.8 Å². The molecule has 0 aliphatic rings. The number of esters is 1. The molecule has 5 nitrogen and oxygen atoms in total. The lowest BCUT2D eigenvalue weighted by Gasteiger charge is -2.01. The van der Waals surface area contributed by atoms with Gasteiger partial charge in [-0.1, -0.05) is 12.1 Å². The topological polar surface area (TPSA) is 57.3 Å². The monoisotopic (exact) mass is 270 g/mol. The molecule has 0 fully saturated rings. The highest BCUT2D eigenvalue weighted by molar-refractivity contribution is 5.86. The standard InChI is InChI=1S/C15H14N2O3/c1-2-19-15(18)14-8-7-11(20-14)9-17-10-16-12-5-3-4-6-13(12)17/h3-8,10H,2,9H2,1H3. The van der Waals surface area contributed by atoms with Crippen LogP contribution in [0.4, 0.5) is 0 Å². The Kier molecular flexibility index (Phi) is 3.25. The summed E-state index contributed by atoms with van der Waals surface area (Å²) >= 11 is 0. The molecule has 0 unspecified atom stereocenters. The van der Waals surface area contributed by atoms with Crippen LogP contribution in [0.3, 0.4) is 0 Å². The Bertz CT molecular complexity index is 742. The average Bonchev–Trinajstić information content (AvgIpc) is 3.08. The summed E-state index contributed by atoms with van der Waals surface area (Å²) in [5.41, 5.74) is 1.96. The largest absolute Gasteiger partial charge is 0.460 e. The van der Waals surface area contributed by atoms with Crippen molar-refractivity contribution >= 4 is 17.0 Å². The van der Waals surface area contributed by atoms with Crippen molar-refractivity contribution in [3.8, 4) is 0 Å². The van der Waals surface area contributed by atoms with Crippen LogP contribution in [0.5, 0.6) is 0 Å². The molecule has 0 N–H and O–H groups in total. The quantitative estimate of drug-likeness (QED) is 0.684. The summed E-state index contributed by atoms with van der Waals surface area (Å²) < 4.78 is 12.4. The summed E-state index contributed by atoms with van der Waals surface area (Å²) in [5, 5.41) is 0. The minimum atomic E-state index is -0.436. The Morgan fingerprint density at radius 3 is 3.00 bits per heavy atom. The molecular weight excluding hydrogens is 256 g/mol. The van der Waals surface area contributed by atoms with Crippen LogP contribution in [-0.4, -0.2) is 22.1 Å². The number of para-hydroxylation sites is 2. The van der Waals surface area contributed by atoms with Crippen LogP contribution in [0.1, 0.15) is 23.2 Å². The van der Waals surface area contributed by atoms with E-state index in [1.165, 1.54) is 0 Å². The second kappa shape index (κ2) is 5.21. The van der Waals surface area contributed by atoms with Gasteiger partial charge in [0.25, 0.3) is 0 Å². The number of carbonyl (C=O) groups is 1. The van der Waals surface area contributed by atoms with Crippen LogP contribution in [-0.2, 0) is 11.3 Å². The second-order valence-electron chi connectivity index (χ2n) is 4.35. The summed E-state index contributed by atoms with van der Waals surface area (Å²) in [5.74, 6) is 0.483. The molecule has 0 saturated carbocycles. The molecule has 20 heavy (non-hydrogen) atoms. The zero-order chi connectivity index (χ0) is 13.9. The predicted molar refractivity (Wildman–Crippen MR) is 73.5 cm³/mol. The Morgan fingerprint density at radius 1 is 1.30 bits per heavy atom. The summed E-state index contributed by atoms with van der Waals surface area (Å²) in [7, 11) is 0. The molecule has 0 spiro atoms. The highest BCUT2D eigenvalue weighted by Crippen LogP contribution is 2.16. The predicted octanol–water partition coefficient (Wildman–Crippen LogP) is 2.85. The van der Waals surface area contributed by atoms with Crippen LogP contribution in [0, 0.1) is 0 Å². The van der Waals surface area contributed by atoms with Crippen molar-refractivity contribution in [1.82, 2.24) is 9.55 Å². The van der Waals surface area contributed by atoms with Crippen molar-refractivity contribution in [3.05, 3.63) is 54.2 Å². The van der Waals surface area contributed by atoms with Crippen LogP contribution >= 0.6 is 0 Å². The van der Waals surface area contributed by atoms with Crippen molar-refractivity contribution in [2.24, 2.45) is 0 Å². The maximum Gasteiger partial charge on any atom is 0.374 e. The van der Waals surface area contributed by atoms with Gasteiger partial charge in [-0.05, 0) is 31.2 Å². The van der Waals surface area contributed by atoms with E-state index in [2.05, 4.69) is 4.98 Å². The molecule has 102 valence electrons. The summed E-state index contributed by atoms with van der Waals surface area (Å²) in [6.07, 6.45) is 1.76. The fourth-order valence-corrected chi connectivity index (χ4v) is 2.08. The first-order valence-electron chi connectivity index (χ1n) is 6.43. The molecule has 0 bridgehead atoms. The average molecular weight is 270 g/mol. The van der Waals surface area contributed by atoms with E-state index in [4.69, 9.17) is 9.15 Å². The van der Waals surface area contributed by atoms with Gasteiger partial charge in [-0.2, -0.15) is 0 Å². The maximum absolute atomic E-state index is 11.5. The highest BCUT2D eigenvalue weighted by Gasteiger charge is 2.12. The summed E-state index contributed by atoms with van der Waals surface area (Å²) in [4.78, 5) is 15.9. The van der Waals surface area contributed by atoms with Gasteiger partial charge in [-0.25, -0.2) is 9.78 Å². The van der Waals surface area contributed by atoms with Gasteiger partial charge >= 0.3 is 5.97 Å². The number of nitrogens with zero attached hydrogens (tertiary/aromatic N) is 2. The zero-order valence-corrected chi connectivity index (χ0v) is 11.1. The number of furan rings is 1. The Balaban J connectivity index is 1.83. The van der Waals surface area contributed by atoms with Crippen LogP contribution in [0.15, 0.2) is 47.1 Å². The van der Waals surface area contributed by atoms with Gasteiger partial charge in [0, 0.05) is 0 Å². The fraction of sp³-hybridized carbons (Fsp3) is 0.200. The van der Waals surface area contributed by atoms with Gasteiger partial charge in [-0.15, -0.1) is 0 Å². The molecule has 0 aliphatic heterocycles. The normalized spacial score (nSPS) is 10.8. The van der Waals surface area contributed by atoms with Crippen molar-refractivity contribution in [2.45, 2.75) is 13.5 Å². The van der Waals surface area contributed by atoms with Crippen molar-refractivity contribution in [1.29, 1.82) is 0 Å². The molecule has 0 radical (unpaired) electrons. The lowest BCUT2D eigenvalue weighted by molar-refractivity contribution is 0.0488. The maximum atomic E-state index is 11.5. The molecule has 3 aromatic rings. The SMILES string of the molecule is CCOC(=O)c1ccc(Cn2cnc3ccccc32)o1. The van der Waals surface area contributed by atoms with E-state index in [0.29, 0.717) is 18.9 Å². The number of rotatable bonds is 4. The molecule has 1 aromatic carbocycles. The van der Waals surface area contributed by atoms with Gasteiger partial charge in [0.15, 0.2) is 0 Å². The van der Waals surface area contributed by atoms with Gasteiger partial charge in [0.1, 0.15) is 5.76 Å². The van der Waals surface area contributed by atoms with E-state index >= 15 is 0 Å². The molecular formula is C15H14N2O3. The molecule has 0 amide bonds. The first-order chi connectivity index (χ1) is 9.78. The van der Waals surface area contributed by atoms with E-state index < -0.39 is 5.97 Å². The second-order valence-corrected chi connectivity index (χ2v) is 4.35. The molecule has 0 aliphatic carbocycles. The minimum absolute atomic E-state index is 0.228. The van der Waals surface area contributed by atoms with Crippen molar-refractivity contribution < 1.29 is 13.9 Å². The number of hydrogen-bond donors (Lipinski definition) is 0. The van der Waals surface area contributed by atoms with Gasteiger partial charge in [0.05, 0.1) is 30.5 Å². The third-order valence-electron chi connectivity index (χ3n) is 2.99. The Labute approximate surface area is 115 Å². The third kappa shape index (κ3) is 2.30. The molecule has 5 heteroatoms. The molecule has 0 atom stereocenters. The number of hydrogen-bond acceptors (Lipinski definition) is 4. The van der Waals surface area contributed by atoms with Crippen molar-refractivity contribution in [3.63, 3.8) is 0 Å². The first-order valence-corrected chi connectivity index (χ1v) is 6.43. The first kappa shape index (κ1) is 12.5. The van der Waals surface area contributed by atoms with E-state index in [1.54, 1.807) is 25.4 Å². The Morgan fingerprint density at radius 2 is 2.15 bits per heavy atom. The molecule has 0 saturated heterocycles. The fourth-order valence-electron chi connectivity index (χ4n) is 2.08. The summed E-state index contributed by atoms with van der Waals surface area (Å²) in [6.45, 7) is 2.63. The lowest BCUT2D eigenvalue weighted by atomic mass is 10.3. The van der Waals surface area contributed by atoms with E-state index in [0.717, 1.165) is 11.0 Å². The van der Waals surface area contributed by atoms with Crippen LogP contribution in [0.2, 0.25) is 0 Å². The smallest absolute Gasteiger partial charge is 0.374 e. The summed E-state index contributed by atoms with van der Waals surface area (Å²) in [6, 6.07) is 11.3. The van der Waals surface area contributed by atoms with E-state index in [-0.39, 0.29) is 5.76 Å². The number of imidazole rings is 1. The Hall–Kier alpha value is -2.56. The van der Waals surface area contributed by atoms with Gasteiger partial charge in [-0.3, -0.25) is 0 Å². The van der Waals surface area contributed by atoms with Crippen LogP contribution < -0.4 is 0 Å². The van der Waals surface area contributed by atoms with Gasteiger partial charge < -0.3 is 13.7 Å². The van der Waals surface area contributed by atoms with Crippen molar-refractivity contribution in [2.75, 3.05) is 6.61 Å². The molecule has 2 heterocycles. The zero-order valence-electron chi connectivity index (χ0n) is 11.1. The number of benzene rings is 1. The number of carbonyl (C=O) groups excluding carboxylic acids is 1. The number of ether oxygens (including phenoxy) is 1. The molecule has 2 aromatic heterocycles. The number of aromatic nitrogens is 2. The van der Waals surface area contributed by atoms with E-state index in [9.17, 15) is 4.79 Å². The number of fused-ring (bicyclic) bond motifs is 1. The van der Waals surface area contributed by atoms with Crippen LogP contribution in [0.25, 0.3) is 11.0 Å². The van der Waals surface area contributed by atoms with Gasteiger partial charge in [0.2, 0.25) is 5.76 Å². The molecule has 3 rings (SSSR count). The minimum Gasteiger partial charge on any atom is -0.460 e. The lowest BCUT2D eigenvalue weighted by Crippen LogP contribution is -2.03. The third-order valence-corrected chi connectivity index (χ3v) is 2.99.